The van der Waals surface area contributed by atoms with Crippen LogP contribution >= 0.6 is 0 Å². The Morgan fingerprint density at radius 3 is 2.24 bits per heavy atom. The highest BCUT2D eigenvalue weighted by molar-refractivity contribution is 5.51. The van der Waals surface area contributed by atoms with Gasteiger partial charge >= 0.3 is 0 Å². The summed E-state index contributed by atoms with van der Waals surface area (Å²) < 4.78 is 11.5. The molecule has 0 spiro atoms. The topological polar surface area (TPSA) is 44.5 Å². The molecule has 1 aliphatic heterocycles. The third kappa shape index (κ3) is 1.61. The summed E-state index contributed by atoms with van der Waals surface area (Å²) in [5.74, 6) is 1.10. The Balaban J connectivity index is 2.04. The molecule has 0 aromatic heterocycles. The van der Waals surface area contributed by atoms with Crippen LogP contribution in [0.4, 0.5) is 0 Å². The standard InChI is InChI=1S/C14H19NO2/c1-9-7-11-12(17-13(2,3)16-11)8-10(9)14(15)5-4-6-14/h7-8H,4-6,15H2,1-3H3. The summed E-state index contributed by atoms with van der Waals surface area (Å²) in [4.78, 5) is 0. The van der Waals surface area contributed by atoms with Crippen LogP contribution in [0.5, 0.6) is 11.5 Å². The smallest absolute Gasteiger partial charge is 0.246 e. The largest absolute Gasteiger partial charge is 0.449 e. The van der Waals surface area contributed by atoms with E-state index in [1.54, 1.807) is 0 Å². The maximum atomic E-state index is 6.39. The molecule has 1 aromatic carbocycles. The third-order valence-electron chi connectivity index (χ3n) is 3.78. The van der Waals surface area contributed by atoms with Crippen LogP contribution in [0.15, 0.2) is 12.1 Å². The predicted octanol–water partition coefficient (Wildman–Crippen LogP) is 2.84. The van der Waals surface area contributed by atoms with Gasteiger partial charge in [-0.05, 0) is 49.4 Å². The molecule has 92 valence electrons. The second-order valence-corrected chi connectivity index (χ2v) is 5.73. The number of rotatable bonds is 1. The summed E-state index contributed by atoms with van der Waals surface area (Å²) in [7, 11) is 0. The lowest BCUT2D eigenvalue weighted by molar-refractivity contribution is -0.0432. The zero-order valence-electron chi connectivity index (χ0n) is 10.7. The summed E-state index contributed by atoms with van der Waals surface area (Å²) in [5, 5.41) is 0. The summed E-state index contributed by atoms with van der Waals surface area (Å²) in [5.41, 5.74) is 8.66. The minimum Gasteiger partial charge on any atom is -0.449 e. The van der Waals surface area contributed by atoms with Crippen LogP contribution in [0.2, 0.25) is 0 Å². The minimum atomic E-state index is -0.561. The molecule has 3 nitrogen and oxygen atoms in total. The van der Waals surface area contributed by atoms with Crippen molar-refractivity contribution in [3.05, 3.63) is 23.3 Å². The van der Waals surface area contributed by atoms with E-state index >= 15 is 0 Å². The number of nitrogens with two attached hydrogens (primary N) is 1. The van der Waals surface area contributed by atoms with Gasteiger partial charge < -0.3 is 15.2 Å². The summed E-state index contributed by atoms with van der Waals surface area (Å²) in [6.07, 6.45) is 3.35. The number of hydrogen-bond acceptors (Lipinski definition) is 3. The molecule has 1 heterocycles. The maximum Gasteiger partial charge on any atom is 0.246 e. The first-order valence-electron chi connectivity index (χ1n) is 6.22. The highest BCUT2D eigenvalue weighted by atomic mass is 16.7. The van der Waals surface area contributed by atoms with Crippen molar-refractivity contribution in [3.8, 4) is 11.5 Å². The van der Waals surface area contributed by atoms with Crippen LogP contribution in [0, 0.1) is 6.92 Å². The Hall–Kier alpha value is -1.22. The lowest BCUT2D eigenvalue weighted by Gasteiger charge is -2.39. The predicted molar refractivity (Wildman–Crippen MR) is 66.2 cm³/mol. The fourth-order valence-electron chi connectivity index (χ4n) is 2.73. The average molecular weight is 233 g/mol. The van der Waals surface area contributed by atoms with Gasteiger partial charge in [-0.25, -0.2) is 0 Å². The van der Waals surface area contributed by atoms with Crippen molar-refractivity contribution in [2.45, 2.75) is 51.4 Å². The Bertz CT molecular complexity index is 475. The minimum absolute atomic E-state index is 0.144. The van der Waals surface area contributed by atoms with Gasteiger partial charge in [0.05, 0.1) is 0 Å². The van der Waals surface area contributed by atoms with Gasteiger partial charge in [0.1, 0.15) is 0 Å². The van der Waals surface area contributed by atoms with Crippen molar-refractivity contribution < 1.29 is 9.47 Å². The monoisotopic (exact) mass is 233 g/mol. The van der Waals surface area contributed by atoms with Crippen LogP contribution in [0.25, 0.3) is 0 Å². The fraction of sp³-hybridized carbons (Fsp3) is 0.571. The normalized spacial score (nSPS) is 23.3. The van der Waals surface area contributed by atoms with E-state index in [1.807, 2.05) is 19.9 Å². The Morgan fingerprint density at radius 2 is 1.71 bits per heavy atom. The molecule has 3 rings (SSSR count). The molecule has 2 N–H and O–H groups in total. The number of benzene rings is 1. The summed E-state index contributed by atoms with van der Waals surface area (Å²) >= 11 is 0. The van der Waals surface area contributed by atoms with E-state index in [2.05, 4.69) is 13.0 Å². The van der Waals surface area contributed by atoms with Crippen molar-refractivity contribution in [2.75, 3.05) is 0 Å². The third-order valence-corrected chi connectivity index (χ3v) is 3.78. The van der Waals surface area contributed by atoms with E-state index in [0.717, 1.165) is 24.3 Å². The molecular weight excluding hydrogens is 214 g/mol. The molecule has 2 aliphatic rings. The van der Waals surface area contributed by atoms with E-state index in [-0.39, 0.29) is 5.54 Å². The second kappa shape index (κ2) is 3.16. The molecule has 0 saturated heterocycles. The second-order valence-electron chi connectivity index (χ2n) is 5.73. The first kappa shape index (κ1) is 10.9. The van der Waals surface area contributed by atoms with Gasteiger partial charge in [-0.15, -0.1) is 0 Å². The first-order chi connectivity index (χ1) is 7.90. The number of aryl methyl sites for hydroxylation is 1. The lowest BCUT2D eigenvalue weighted by atomic mass is 9.71. The van der Waals surface area contributed by atoms with Crippen molar-refractivity contribution in [2.24, 2.45) is 5.73 Å². The Labute approximate surface area is 102 Å². The lowest BCUT2D eigenvalue weighted by Crippen LogP contribution is -2.43. The van der Waals surface area contributed by atoms with Crippen molar-refractivity contribution in [1.29, 1.82) is 0 Å². The van der Waals surface area contributed by atoms with E-state index in [1.165, 1.54) is 17.5 Å². The molecule has 3 heteroatoms. The van der Waals surface area contributed by atoms with Gasteiger partial charge in [-0.3, -0.25) is 0 Å². The van der Waals surface area contributed by atoms with E-state index in [0.29, 0.717) is 0 Å². The Kier molecular flexibility index (Phi) is 2.03. The molecule has 0 atom stereocenters. The molecule has 1 saturated carbocycles. The molecule has 1 fully saturated rings. The maximum absolute atomic E-state index is 6.39. The number of ether oxygens (including phenoxy) is 2. The SMILES string of the molecule is Cc1cc2c(cc1C1(N)CCC1)OC(C)(C)O2. The molecule has 17 heavy (non-hydrogen) atoms. The van der Waals surface area contributed by atoms with Gasteiger partial charge in [-0.1, -0.05) is 0 Å². The van der Waals surface area contributed by atoms with Crippen LogP contribution < -0.4 is 15.2 Å². The molecular formula is C14H19NO2. The quantitative estimate of drug-likeness (QED) is 0.811. The number of fused-ring (bicyclic) bond motifs is 1. The van der Waals surface area contributed by atoms with Gasteiger partial charge in [0, 0.05) is 19.4 Å². The molecule has 0 unspecified atom stereocenters. The van der Waals surface area contributed by atoms with Gasteiger partial charge in [0.2, 0.25) is 5.79 Å². The van der Waals surface area contributed by atoms with Crippen molar-refractivity contribution in [1.82, 2.24) is 0 Å². The van der Waals surface area contributed by atoms with Gasteiger partial charge in [0.15, 0.2) is 11.5 Å². The van der Waals surface area contributed by atoms with Crippen LogP contribution in [0.1, 0.15) is 44.2 Å². The Morgan fingerprint density at radius 1 is 1.12 bits per heavy atom. The average Bonchev–Trinajstić information content (AvgIpc) is 2.46. The zero-order valence-corrected chi connectivity index (χ0v) is 10.7. The van der Waals surface area contributed by atoms with E-state index in [9.17, 15) is 0 Å². The van der Waals surface area contributed by atoms with E-state index < -0.39 is 5.79 Å². The molecule has 0 amide bonds. The van der Waals surface area contributed by atoms with Gasteiger partial charge in [0.25, 0.3) is 0 Å². The first-order valence-corrected chi connectivity index (χ1v) is 6.22. The molecule has 0 bridgehead atoms. The number of hydrogen-bond donors (Lipinski definition) is 1. The zero-order chi connectivity index (χ0) is 12.3. The molecule has 1 aromatic rings. The van der Waals surface area contributed by atoms with Crippen molar-refractivity contribution in [3.63, 3.8) is 0 Å². The fourth-order valence-corrected chi connectivity index (χ4v) is 2.73. The van der Waals surface area contributed by atoms with Crippen molar-refractivity contribution >= 4 is 0 Å². The van der Waals surface area contributed by atoms with Crippen LogP contribution in [-0.4, -0.2) is 5.79 Å². The van der Waals surface area contributed by atoms with Gasteiger partial charge in [-0.2, -0.15) is 0 Å². The summed E-state index contributed by atoms with van der Waals surface area (Å²) in [6, 6.07) is 4.12. The summed E-state index contributed by atoms with van der Waals surface area (Å²) in [6.45, 7) is 5.93. The van der Waals surface area contributed by atoms with Crippen LogP contribution in [-0.2, 0) is 5.54 Å². The van der Waals surface area contributed by atoms with E-state index in [4.69, 9.17) is 15.2 Å². The highest BCUT2D eigenvalue weighted by Crippen LogP contribution is 2.46. The molecule has 1 aliphatic carbocycles. The molecule has 0 radical (unpaired) electrons. The highest BCUT2D eigenvalue weighted by Gasteiger charge is 2.38. The van der Waals surface area contributed by atoms with Crippen LogP contribution in [0.3, 0.4) is 0 Å².